The molecule has 1 aliphatic heterocycles. The minimum Gasteiger partial charge on any atom is -0.459 e. The van der Waals surface area contributed by atoms with Gasteiger partial charge in [0.25, 0.3) is 5.91 Å². The largest absolute Gasteiger partial charge is 0.459 e. The number of hydrogen-bond acceptors (Lipinski definition) is 5. The van der Waals surface area contributed by atoms with Crippen molar-refractivity contribution in [3.63, 3.8) is 0 Å². The fraction of sp³-hybridized carbons (Fsp3) is 0.231. The van der Waals surface area contributed by atoms with Crippen molar-refractivity contribution in [3.05, 3.63) is 83.7 Å². The van der Waals surface area contributed by atoms with Gasteiger partial charge in [0.15, 0.2) is 10.7 Å². The van der Waals surface area contributed by atoms with Gasteiger partial charge in [0.05, 0.1) is 27.9 Å². The Hall–Kier alpha value is -3.49. The van der Waals surface area contributed by atoms with E-state index in [2.05, 4.69) is 34.4 Å². The third kappa shape index (κ3) is 3.69. The highest BCUT2D eigenvalue weighted by Gasteiger charge is 2.26. The quantitative estimate of drug-likeness (QED) is 0.359. The molecule has 4 heterocycles. The highest BCUT2D eigenvalue weighted by Crippen LogP contribution is 2.34. The van der Waals surface area contributed by atoms with Gasteiger partial charge in [-0.25, -0.2) is 9.37 Å². The van der Waals surface area contributed by atoms with Crippen LogP contribution in [0, 0.1) is 12.7 Å². The predicted molar refractivity (Wildman–Crippen MR) is 131 cm³/mol. The maximum atomic E-state index is 13.6. The third-order valence-corrected chi connectivity index (χ3v) is 7.39. The number of hydrogen-bond donors (Lipinski definition) is 0. The van der Waals surface area contributed by atoms with Gasteiger partial charge in [-0.2, -0.15) is 0 Å². The number of carbonyl (C=O) groups excluding carboxylic acids is 1. The number of fused-ring (bicyclic) bond motifs is 3. The first-order chi connectivity index (χ1) is 16.6. The van der Waals surface area contributed by atoms with Crippen LogP contribution in [0.5, 0.6) is 0 Å². The van der Waals surface area contributed by atoms with E-state index in [1.54, 1.807) is 35.6 Å². The van der Waals surface area contributed by atoms with Crippen LogP contribution in [-0.2, 0) is 6.54 Å². The number of furan rings is 1. The Morgan fingerprint density at radius 3 is 2.62 bits per heavy atom. The Kier molecular flexibility index (Phi) is 5.19. The maximum Gasteiger partial charge on any atom is 0.289 e. The molecule has 3 aromatic heterocycles. The van der Waals surface area contributed by atoms with Gasteiger partial charge in [-0.15, -0.1) is 0 Å². The molecule has 1 saturated heterocycles. The molecule has 34 heavy (non-hydrogen) atoms. The van der Waals surface area contributed by atoms with Crippen LogP contribution in [0.4, 0.5) is 4.39 Å². The molecule has 1 fully saturated rings. The summed E-state index contributed by atoms with van der Waals surface area (Å²) in [5, 5.41) is 0. The van der Waals surface area contributed by atoms with Gasteiger partial charge >= 0.3 is 0 Å². The normalized spacial score (nSPS) is 14.9. The number of aryl methyl sites for hydroxylation is 1. The Labute approximate surface area is 199 Å². The van der Waals surface area contributed by atoms with E-state index < -0.39 is 0 Å². The molecule has 1 aliphatic rings. The molecule has 1 amide bonds. The standard InChI is InChI=1S/C26H23FN4O2S/c1-17-4-9-20-23(15-17)34-26-28-24(18-5-7-19(27)8-6-18)21(31(20)26)16-29-10-12-30(13-11-29)25(32)22-3-2-14-33-22/h2-9,14-15H,10-13,16H2,1H3. The van der Waals surface area contributed by atoms with Crippen LogP contribution < -0.4 is 0 Å². The molecule has 0 unspecified atom stereocenters. The summed E-state index contributed by atoms with van der Waals surface area (Å²) in [6.45, 7) is 5.56. The van der Waals surface area contributed by atoms with Crippen LogP contribution in [0.1, 0.15) is 21.8 Å². The van der Waals surface area contributed by atoms with Crippen LogP contribution in [0.2, 0.25) is 0 Å². The molecular weight excluding hydrogens is 451 g/mol. The number of piperazine rings is 1. The second-order valence-electron chi connectivity index (χ2n) is 8.65. The third-order valence-electron chi connectivity index (χ3n) is 6.38. The molecule has 5 aromatic rings. The fourth-order valence-electron chi connectivity index (χ4n) is 4.60. The van der Waals surface area contributed by atoms with Crippen molar-refractivity contribution in [1.82, 2.24) is 19.2 Å². The molecular formula is C26H23FN4O2S. The number of amides is 1. The van der Waals surface area contributed by atoms with E-state index >= 15 is 0 Å². The predicted octanol–water partition coefficient (Wildman–Crippen LogP) is 5.21. The highest BCUT2D eigenvalue weighted by molar-refractivity contribution is 7.23. The van der Waals surface area contributed by atoms with Gasteiger partial charge in [0.2, 0.25) is 0 Å². The lowest BCUT2D eigenvalue weighted by Crippen LogP contribution is -2.48. The lowest BCUT2D eigenvalue weighted by atomic mass is 10.1. The van der Waals surface area contributed by atoms with Gasteiger partial charge in [-0.3, -0.25) is 14.1 Å². The molecule has 6 nitrogen and oxygen atoms in total. The Balaban J connectivity index is 1.33. The summed E-state index contributed by atoms with van der Waals surface area (Å²) in [6, 6.07) is 16.4. The van der Waals surface area contributed by atoms with Crippen molar-refractivity contribution in [2.45, 2.75) is 13.5 Å². The second-order valence-corrected chi connectivity index (χ2v) is 9.66. The van der Waals surface area contributed by atoms with Crippen molar-refractivity contribution < 1.29 is 13.6 Å². The lowest BCUT2D eigenvalue weighted by Gasteiger charge is -2.34. The van der Waals surface area contributed by atoms with Crippen LogP contribution in [0.15, 0.2) is 65.3 Å². The van der Waals surface area contributed by atoms with E-state index in [4.69, 9.17) is 9.40 Å². The summed E-state index contributed by atoms with van der Waals surface area (Å²) in [5.41, 5.74) is 5.22. The molecule has 0 spiro atoms. The van der Waals surface area contributed by atoms with Crippen LogP contribution >= 0.6 is 11.3 Å². The molecule has 0 saturated carbocycles. The molecule has 0 aliphatic carbocycles. The maximum absolute atomic E-state index is 13.6. The first-order valence-corrected chi connectivity index (χ1v) is 12.1. The Bertz CT molecular complexity index is 1480. The Morgan fingerprint density at radius 2 is 1.88 bits per heavy atom. The summed E-state index contributed by atoms with van der Waals surface area (Å²) in [5.74, 6) is 0.0526. The van der Waals surface area contributed by atoms with E-state index in [-0.39, 0.29) is 11.7 Å². The zero-order chi connectivity index (χ0) is 23.2. The molecule has 6 rings (SSSR count). The SMILES string of the molecule is Cc1ccc2c(c1)sc1nc(-c3ccc(F)cc3)c(CN3CCN(C(=O)c4ccco4)CC3)n12. The minimum atomic E-state index is -0.260. The molecule has 172 valence electrons. The van der Waals surface area contributed by atoms with Gasteiger partial charge in [0.1, 0.15) is 5.82 Å². The summed E-state index contributed by atoms with van der Waals surface area (Å²) in [7, 11) is 0. The molecule has 2 aromatic carbocycles. The lowest BCUT2D eigenvalue weighted by molar-refractivity contribution is 0.0596. The van der Waals surface area contributed by atoms with Gasteiger partial charge in [-0.05, 0) is 61.0 Å². The van der Waals surface area contributed by atoms with Gasteiger partial charge < -0.3 is 9.32 Å². The molecule has 0 radical (unpaired) electrons. The number of aromatic nitrogens is 2. The molecule has 0 bridgehead atoms. The summed E-state index contributed by atoms with van der Waals surface area (Å²) in [6.07, 6.45) is 1.53. The smallest absolute Gasteiger partial charge is 0.289 e. The van der Waals surface area contributed by atoms with E-state index in [1.807, 2.05) is 4.90 Å². The monoisotopic (exact) mass is 474 g/mol. The van der Waals surface area contributed by atoms with Crippen LogP contribution in [-0.4, -0.2) is 51.3 Å². The second kappa shape index (κ2) is 8.38. The van der Waals surface area contributed by atoms with Crippen molar-refractivity contribution in [2.24, 2.45) is 0 Å². The van der Waals surface area contributed by atoms with Crippen molar-refractivity contribution in [2.75, 3.05) is 26.2 Å². The number of thiazole rings is 1. The Morgan fingerprint density at radius 1 is 1.09 bits per heavy atom. The summed E-state index contributed by atoms with van der Waals surface area (Å²) < 4.78 is 22.3. The average molecular weight is 475 g/mol. The number of nitrogens with zero attached hydrogens (tertiary/aromatic N) is 4. The van der Waals surface area contributed by atoms with E-state index in [0.29, 0.717) is 25.4 Å². The topological polar surface area (TPSA) is 54.0 Å². The van der Waals surface area contributed by atoms with Crippen LogP contribution in [0.25, 0.3) is 26.4 Å². The number of imidazole rings is 1. The van der Waals surface area contributed by atoms with E-state index in [1.165, 1.54) is 28.7 Å². The fourth-order valence-corrected chi connectivity index (χ4v) is 5.74. The number of rotatable bonds is 4. The molecule has 0 N–H and O–H groups in total. The van der Waals surface area contributed by atoms with Crippen molar-refractivity contribution in [1.29, 1.82) is 0 Å². The first-order valence-electron chi connectivity index (χ1n) is 11.3. The van der Waals surface area contributed by atoms with Crippen LogP contribution in [0.3, 0.4) is 0 Å². The minimum absolute atomic E-state index is 0.0670. The summed E-state index contributed by atoms with van der Waals surface area (Å²) >= 11 is 1.67. The number of halogens is 1. The zero-order valence-electron chi connectivity index (χ0n) is 18.7. The van der Waals surface area contributed by atoms with Gasteiger partial charge in [0, 0.05) is 38.3 Å². The zero-order valence-corrected chi connectivity index (χ0v) is 19.5. The van der Waals surface area contributed by atoms with Crippen molar-refractivity contribution >= 4 is 32.4 Å². The average Bonchev–Trinajstić information content (AvgIpc) is 3.56. The van der Waals surface area contributed by atoms with E-state index in [0.717, 1.165) is 40.5 Å². The molecule has 0 atom stereocenters. The highest BCUT2D eigenvalue weighted by atomic mass is 32.1. The van der Waals surface area contributed by atoms with Crippen molar-refractivity contribution in [3.8, 4) is 11.3 Å². The number of benzene rings is 2. The number of carbonyl (C=O) groups is 1. The van der Waals surface area contributed by atoms with E-state index in [9.17, 15) is 9.18 Å². The van der Waals surface area contributed by atoms with Gasteiger partial charge in [-0.1, -0.05) is 17.4 Å². The summed E-state index contributed by atoms with van der Waals surface area (Å²) in [4.78, 5) is 22.7. The molecule has 8 heteroatoms. The first kappa shape index (κ1) is 21.1.